The maximum Gasteiger partial charge on any atom is 0.263 e. The van der Waals surface area contributed by atoms with Crippen molar-refractivity contribution in [3.63, 3.8) is 0 Å². The highest BCUT2D eigenvalue weighted by molar-refractivity contribution is 6.30. The molecule has 560 valence electrons. The van der Waals surface area contributed by atoms with Crippen LogP contribution in [0.2, 0.25) is 5.02 Å². The molecule has 23 nitrogen and oxygen atoms in total. The second-order valence-corrected chi connectivity index (χ2v) is 28.0. The van der Waals surface area contributed by atoms with Gasteiger partial charge in [-0.2, -0.15) is 0 Å². The van der Waals surface area contributed by atoms with Gasteiger partial charge in [0.1, 0.15) is 28.9 Å². The van der Waals surface area contributed by atoms with E-state index in [4.69, 9.17) is 42.8 Å². The number of fused-ring (bicyclic) bond motifs is 5. The zero-order valence-corrected chi connectivity index (χ0v) is 63.8. The van der Waals surface area contributed by atoms with Crippen LogP contribution >= 0.6 is 11.6 Å². The van der Waals surface area contributed by atoms with Crippen molar-refractivity contribution >= 4 is 112 Å². The summed E-state index contributed by atoms with van der Waals surface area (Å²) in [6.45, 7) is 34.0. The Balaban J connectivity index is 0.000000136. The van der Waals surface area contributed by atoms with E-state index in [9.17, 15) is 14.4 Å². The maximum atomic E-state index is 14.5. The Morgan fingerprint density at radius 1 is 0.400 bits per heavy atom. The fraction of sp³-hybridized carbons (Fsp3) is 0.0989. The van der Waals surface area contributed by atoms with Gasteiger partial charge < -0.3 is 32.4 Å². The van der Waals surface area contributed by atoms with Crippen LogP contribution in [-0.2, 0) is 0 Å². The SMILES string of the molecule is [C-]#[N+]c1cnc(C)nc1N[C@@H](C)c1cc2cccc(-c3ccc(Cl)cc3)c2c(=O)n1-c1ccccc1.[C-]#[N+]c1cnc(N)nc1N[C@@H](C)c1cc2cccc(-c3cnc4[nH]ccc4c3)c2c(=O)n1-c1cccc(C)c1.[C-]#[N+]c1cnc(N)nc1N[C@@H](C)c1cc2cccc(-c3cnc4ccccc4c3)c2c(=O)n1-c1cccc(C)c1. The normalized spacial score (nSPS) is 11.8. The number of aromatic nitrogens is 12. The second-order valence-electron chi connectivity index (χ2n) is 27.5. The van der Waals surface area contributed by atoms with Crippen molar-refractivity contribution < 1.29 is 0 Å². The van der Waals surface area contributed by atoms with E-state index in [1.807, 2.05) is 259 Å². The number of hydrogen-bond donors (Lipinski definition) is 6. The van der Waals surface area contributed by atoms with Gasteiger partial charge in [-0.15, -0.1) is 0 Å². The Morgan fingerprint density at radius 2 is 0.809 bits per heavy atom. The molecule has 0 unspecified atom stereocenters. The molecule has 0 aliphatic carbocycles. The molecular weight excluding hydrogens is 1460 g/mol. The molecule has 0 spiro atoms. The van der Waals surface area contributed by atoms with Crippen molar-refractivity contribution in [2.75, 3.05) is 27.4 Å². The van der Waals surface area contributed by atoms with Crippen molar-refractivity contribution in [1.82, 2.24) is 58.6 Å². The molecule has 0 fully saturated rings. The van der Waals surface area contributed by atoms with E-state index in [2.05, 4.69) is 81.4 Å². The Hall–Kier alpha value is -15.5. The van der Waals surface area contributed by atoms with Crippen molar-refractivity contribution in [2.24, 2.45) is 0 Å². The summed E-state index contributed by atoms with van der Waals surface area (Å²) in [6.07, 6.45) is 9.74. The zero-order chi connectivity index (χ0) is 80.1. The first-order chi connectivity index (χ1) is 55.8. The summed E-state index contributed by atoms with van der Waals surface area (Å²) in [5.41, 5.74) is 25.3. The number of anilines is 5. The van der Waals surface area contributed by atoms with E-state index in [0.29, 0.717) is 61.5 Å². The Labute approximate surface area is 664 Å². The highest BCUT2D eigenvalue weighted by Crippen LogP contribution is 2.38. The third-order valence-corrected chi connectivity index (χ3v) is 20.0. The standard InChI is InChI=1S/C32H25N7O.C30H24N8O.C29H22ClN5O/c1-19-8-6-11-24(14-19)39-28(20(2)37-30-27(34-3)18-36-32(33)38-30)16-22-10-7-12-25(29(22)31(39)40)23-15-21-9-4-5-13-26(21)35-17-23;1-17-6-4-8-22(12-17)38-25(18(2)36-28-24(32-3)16-35-30(31)37-28)14-19-7-5-9-23(26(19)29(38)39)21-13-20-10-11-33-27(20)34-15-21;1-18(33-28-25(31-3)17-32-19(2)34-28)26-16-21-8-7-11-24(20-12-14-22(30)15-13-20)27(21)29(36)35(26)23-9-5-4-6-10-23/h4-18,20H,1-2H3,(H3,33,36,37,38);4-16,18H,1-2H3,(H,33,34)(H3,31,35,36,37);4-18H,1-2H3,(H,32,33,34)/t20-;2*18-/m000/s1. The highest BCUT2D eigenvalue weighted by Gasteiger charge is 2.25. The van der Waals surface area contributed by atoms with E-state index in [0.717, 1.165) is 105 Å². The van der Waals surface area contributed by atoms with E-state index in [-0.39, 0.29) is 46.0 Å². The molecule has 0 saturated carbocycles. The Kier molecular flexibility index (Phi) is 21.0. The molecule has 17 rings (SSSR count). The fourth-order valence-corrected chi connectivity index (χ4v) is 14.4. The second kappa shape index (κ2) is 32.2. The number of pyridine rings is 5. The van der Waals surface area contributed by atoms with Gasteiger partial charge in [-0.25, -0.2) is 44.4 Å². The lowest BCUT2D eigenvalue weighted by atomic mass is 9.98. The molecule has 9 aromatic heterocycles. The molecule has 0 aliphatic heterocycles. The smallest absolute Gasteiger partial charge is 0.263 e. The Bertz CT molecular complexity index is 7000. The number of nitrogens with two attached hydrogens (primary N) is 2. The van der Waals surface area contributed by atoms with Gasteiger partial charge in [-0.05, 0) is 182 Å². The minimum atomic E-state index is -0.404. The lowest BCUT2D eigenvalue weighted by molar-refractivity contribution is 0.772. The zero-order valence-electron chi connectivity index (χ0n) is 63.0. The van der Waals surface area contributed by atoms with Gasteiger partial charge in [-0.1, -0.05) is 139 Å². The summed E-state index contributed by atoms with van der Waals surface area (Å²) in [5, 5.41) is 16.8. The van der Waals surface area contributed by atoms with Gasteiger partial charge >= 0.3 is 0 Å². The molecule has 0 saturated heterocycles. The first-order valence-electron chi connectivity index (χ1n) is 36.6. The molecule has 8 aromatic carbocycles. The molecule has 0 amide bonds. The van der Waals surface area contributed by atoms with Crippen LogP contribution in [-0.4, -0.2) is 58.6 Å². The van der Waals surface area contributed by atoms with Crippen LogP contribution in [0.1, 0.15) is 72.9 Å². The van der Waals surface area contributed by atoms with Gasteiger partial charge in [0.25, 0.3) is 16.7 Å². The predicted molar refractivity (Wildman–Crippen MR) is 459 cm³/mol. The maximum absolute atomic E-state index is 14.5. The minimum Gasteiger partial charge on any atom is -0.371 e. The highest BCUT2D eigenvalue weighted by atomic mass is 35.5. The first kappa shape index (κ1) is 74.9. The molecule has 3 atom stereocenters. The fourth-order valence-electron chi connectivity index (χ4n) is 14.3. The van der Waals surface area contributed by atoms with Crippen molar-refractivity contribution in [1.29, 1.82) is 0 Å². The first-order valence-corrected chi connectivity index (χ1v) is 37.0. The van der Waals surface area contributed by atoms with Crippen molar-refractivity contribution in [3.05, 3.63) is 360 Å². The number of nitrogens with one attached hydrogen (secondary N) is 4. The third-order valence-electron chi connectivity index (χ3n) is 19.7. The van der Waals surface area contributed by atoms with Crippen LogP contribution in [0.15, 0.2) is 270 Å². The van der Waals surface area contributed by atoms with E-state index in [1.54, 1.807) is 26.8 Å². The van der Waals surface area contributed by atoms with E-state index in [1.165, 1.54) is 18.6 Å². The average Bonchev–Trinajstić information content (AvgIpc) is 1.18. The molecule has 8 N–H and O–H groups in total. The van der Waals surface area contributed by atoms with Crippen molar-refractivity contribution in [2.45, 2.75) is 59.7 Å². The molecule has 9 heterocycles. The van der Waals surface area contributed by atoms with Crippen LogP contribution < -0.4 is 44.1 Å². The summed E-state index contributed by atoms with van der Waals surface area (Å²) in [5.74, 6) is 1.74. The average molecular weight is 1530 g/mol. The Morgan fingerprint density at radius 3 is 1.30 bits per heavy atom. The van der Waals surface area contributed by atoms with E-state index >= 15 is 0 Å². The van der Waals surface area contributed by atoms with Gasteiger partial charge in [0, 0.05) is 98.2 Å². The molecule has 17 aromatic rings. The molecule has 24 heteroatoms. The number of nitrogens with zero attached hydrogens (tertiary/aromatic N) is 14. The van der Waals surface area contributed by atoms with Crippen LogP contribution in [0.4, 0.5) is 46.4 Å². The van der Waals surface area contributed by atoms with Gasteiger partial charge in [0.15, 0.2) is 0 Å². The van der Waals surface area contributed by atoms with Crippen LogP contribution in [0, 0.1) is 40.5 Å². The lowest BCUT2D eigenvalue weighted by Crippen LogP contribution is -2.26. The summed E-state index contributed by atoms with van der Waals surface area (Å²) in [7, 11) is 0. The summed E-state index contributed by atoms with van der Waals surface area (Å²) < 4.78 is 5.18. The number of aromatic amines is 1. The van der Waals surface area contributed by atoms with Crippen LogP contribution in [0.25, 0.3) is 119 Å². The largest absolute Gasteiger partial charge is 0.371 e. The summed E-state index contributed by atoms with van der Waals surface area (Å²) in [6, 6.07) is 69.1. The van der Waals surface area contributed by atoms with Crippen molar-refractivity contribution in [3.8, 4) is 50.4 Å². The number of aryl methyl sites for hydroxylation is 3. The number of rotatable bonds is 15. The summed E-state index contributed by atoms with van der Waals surface area (Å²) in [4.78, 5) is 90.8. The van der Waals surface area contributed by atoms with Crippen LogP contribution in [0.3, 0.4) is 0 Å². The topological polar surface area (TPSA) is 286 Å². The molecule has 115 heavy (non-hydrogen) atoms. The van der Waals surface area contributed by atoms with E-state index < -0.39 is 12.1 Å². The monoisotopic (exact) mass is 1530 g/mol. The molecular formula is C91H71ClN20O3. The number of para-hydroxylation sites is 2. The van der Waals surface area contributed by atoms with Gasteiger partial charge in [0.05, 0.1) is 59.5 Å². The number of hydrogen-bond acceptors (Lipinski definition) is 16. The molecule has 0 aliphatic rings. The number of nitrogen functional groups attached to an aromatic ring is 2. The number of H-pyrrole nitrogens is 1. The van der Waals surface area contributed by atoms with Crippen LogP contribution in [0.5, 0.6) is 0 Å². The van der Waals surface area contributed by atoms with Gasteiger partial charge in [-0.3, -0.25) is 38.1 Å². The lowest BCUT2D eigenvalue weighted by Gasteiger charge is -2.22. The number of benzene rings is 8. The summed E-state index contributed by atoms with van der Waals surface area (Å²) >= 11 is 6.11. The predicted octanol–water partition coefficient (Wildman–Crippen LogP) is 19.7. The quantitative estimate of drug-likeness (QED) is 0.0520. The number of halogens is 1. The molecule has 0 bridgehead atoms. The van der Waals surface area contributed by atoms with Gasteiger partial charge in [0.2, 0.25) is 29.0 Å². The third kappa shape index (κ3) is 15.3. The molecule has 0 radical (unpaired) electrons. The minimum absolute atomic E-state index is 0.0596.